The maximum atomic E-state index is 12.5. The second kappa shape index (κ2) is 9.45. The van der Waals surface area contributed by atoms with Crippen molar-refractivity contribution < 1.29 is 23.8 Å². The molecule has 3 rings (SSSR count). The highest BCUT2D eigenvalue weighted by Gasteiger charge is 2.33. The first kappa shape index (κ1) is 20.0. The minimum atomic E-state index is -0.526. The zero-order valence-corrected chi connectivity index (χ0v) is 16.4. The van der Waals surface area contributed by atoms with Crippen LogP contribution in [0.2, 0.25) is 0 Å². The summed E-state index contributed by atoms with van der Waals surface area (Å²) in [6.45, 7) is 0.179. The van der Waals surface area contributed by atoms with E-state index in [2.05, 4.69) is 0 Å². The molecule has 0 N–H and O–H groups in total. The normalized spacial score (nSPS) is 13.0. The Hall–Kier alpha value is -2.74. The van der Waals surface area contributed by atoms with Crippen molar-refractivity contribution in [2.75, 3.05) is 19.5 Å². The van der Waals surface area contributed by atoms with Gasteiger partial charge in [0.1, 0.15) is 11.5 Å². The van der Waals surface area contributed by atoms with Crippen LogP contribution in [-0.2, 0) is 20.9 Å². The van der Waals surface area contributed by atoms with Crippen molar-refractivity contribution in [3.8, 4) is 5.75 Å². The summed E-state index contributed by atoms with van der Waals surface area (Å²) in [4.78, 5) is 26.2. The molecule has 7 nitrogen and oxygen atoms in total. The maximum absolute atomic E-state index is 12.5. The molecule has 0 saturated heterocycles. The lowest BCUT2D eigenvalue weighted by Gasteiger charge is -2.22. The number of amides is 1. The predicted molar refractivity (Wildman–Crippen MR) is 104 cm³/mol. The SMILES string of the molecule is COc1ccc(CN(C(=O)COC(=O)CSc2cccc[n+]2[O-])C2CC2)cc1. The smallest absolute Gasteiger partial charge is 0.317 e. The van der Waals surface area contributed by atoms with Crippen LogP contribution < -0.4 is 9.47 Å². The second-order valence-electron chi connectivity index (χ2n) is 6.41. The van der Waals surface area contributed by atoms with E-state index in [4.69, 9.17) is 9.47 Å². The van der Waals surface area contributed by atoms with Crippen molar-refractivity contribution in [3.05, 3.63) is 59.4 Å². The molecular formula is C20H22N2O5S. The van der Waals surface area contributed by atoms with E-state index in [0.717, 1.165) is 35.9 Å². The summed E-state index contributed by atoms with van der Waals surface area (Å²) in [6.07, 6.45) is 3.29. The topological polar surface area (TPSA) is 82.8 Å². The van der Waals surface area contributed by atoms with Crippen LogP contribution in [0.5, 0.6) is 5.75 Å². The van der Waals surface area contributed by atoms with Gasteiger partial charge in [-0.1, -0.05) is 12.1 Å². The van der Waals surface area contributed by atoms with E-state index < -0.39 is 5.97 Å². The molecule has 0 bridgehead atoms. The lowest BCUT2D eigenvalue weighted by atomic mass is 10.2. The largest absolute Gasteiger partial charge is 0.618 e. The highest BCUT2D eigenvalue weighted by molar-refractivity contribution is 7.99. The molecule has 0 aliphatic heterocycles. The van der Waals surface area contributed by atoms with E-state index in [1.54, 1.807) is 30.2 Å². The van der Waals surface area contributed by atoms with Gasteiger partial charge >= 0.3 is 5.97 Å². The number of methoxy groups -OCH3 is 1. The molecule has 148 valence electrons. The van der Waals surface area contributed by atoms with E-state index in [-0.39, 0.29) is 24.3 Å². The molecule has 8 heteroatoms. The van der Waals surface area contributed by atoms with E-state index in [0.29, 0.717) is 16.3 Å². The third kappa shape index (κ3) is 5.63. The Morgan fingerprint density at radius 2 is 1.96 bits per heavy atom. The quantitative estimate of drug-likeness (QED) is 0.277. The average Bonchev–Trinajstić information content (AvgIpc) is 3.55. The Kier molecular flexibility index (Phi) is 6.76. The number of rotatable bonds is 9. The minimum absolute atomic E-state index is 0.0263. The zero-order valence-electron chi connectivity index (χ0n) is 15.6. The number of ether oxygens (including phenoxy) is 2. The summed E-state index contributed by atoms with van der Waals surface area (Å²) in [5.41, 5.74) is 0.993. The number of esters is 1. The van der Waals surface area contributed by atoms with Gasteiger partial charge in [-0.15, -0.1) is 0 Å². The fourth-order valence-electron chi connectivity index (χ4n) is 2.66. The summed E-state index contributed by atoms with van der Waals surface area (Å²) in [5, 5.41) is 12.0. The van der Waals surface area contributed by atoms with E-state index >= 15 is 0 Å². The minimum Gasteiger partial charge on any atom is -0.618 e. The first-order chi connectivity index (χ1) is 13.6. The van der Waals surface area contributed by atoms with Gasteiger partial charge in [-0.2, -0.15) is 4.73 Å². The van der Waals surface area contributed by atoms with E-state index in [1.165, 1.54) is 6.20 Å². The molecule has 0 spiro atoms. The maximum Gasteiger partial charge on any atom is 0.317 e. The summed E-state index contributed by atoms with van der Waals surface area (Å²) < 4.78 is 11.0. The average molecular weight is 402 g/mol. The number of carbonyl (C=O) groups is 2. The molecule has 1 heterocycles. The van der Waals surface area contributed by atoms with Crippen molar-refractivity contribution in [2.45, 2.75) is 30.5 Å². The lowest BCUT2D eigenvalue weighted by molar-refractivity contribution is -0.645. The lowest BCUT2D eigenvalue weighted by Crippen LogP contribution is -2.36. The predicted octanol–water partition coefficient (Wildman–Crippen LogP) is 2.16. The van der Waals surface area contributed by atoms with Crippen LogP contribution in [0.1, 0.15) is 18.4 Å². The van der Waals surface area contributed by atoms with Crippen LogP contribution in [0, 0.1) is 5.21 Å². The van der Waals surface area contributed by atoms with Gasteiger partial charge in [-0.25, -0.2) is 0 Å². The highest BCUT2D eigenvalue weighted by Crippen LogP contribution is 2.29. The van der Waals surface area contributed by atoms with Gasteiger partial charge in [0, 0.05) is 24.7 Å². The molecule has 2 aromatic rings. The van der Waals surface area contributed by atoms with Crippen molar-refractivity contribution in [3.63, 3.8) is 0 Å². The number of carbonyl (C=O) groups excluding carboxylic acids is 2. The van der Waals surface area contributed by atoms with Crippen LogP contribution in [0.25, 0.3) is 0 Å². The van der Waals surface area contributed by atoms with Gasteiger partial charge < -0.3 is 19.6 Å². The van der Waals surface area contributed by atoms with Gasteiger partial charge in [0.05, 0.1) is 7.11 Å². The van der Waals surface area contributed by atoms with Gasteiger partial charge in [0.15, 0.2) is 12.8 Å². The molecule has 1 saturated carbocycles. The summed E-state index contributed by atoms with van der Waals surface area (Å²) in [5.74, 6) is -0.00324. The van der Waals surface area contributed by atoms with E-state index in [9.17, 15) is 14.8 Å². The fourth-order valence-corrected chi connectivity index (χ4v) is 3.37. The van der Waals surface area contributed by atoms with Gasteiger partial charge in [-0.3, -0.25) is 9.59 Å². The monoisotopic (exact) mass is 402 g/mol. The second-order valence-corrected chi connectivity index (χ2v) is 7.41. The molecule has 1 aromatic carbocycles. The molecule has 28 heavy (non-hydrogen) atoms. The number of nitrogens with zero attached hydrogens (tertiary/aromatic N) is 2. The van der Waals surface area contributed by atoms with Crippen molar-refractivity contribution in [1.29, 1.82) is 0 Å². The first-order valence-electron chi connectivity index (χ1n) is 8.96. The zero-order chi connectivity index (χ0) is 19.9. The molecule has 1 aromatic heterocycles. The van der Waals surface area contributed by atoms with Crippen molar-refractivity contribution in [2.24, 2.45) is 0 Å². The van der Waals surface area contributed by atoms with Crippen molar-refractivity contribution >= 4 is 23.6 Å². The summed E-state index contributed by atoms with van der Waals surface area (Å²) in [6, 6.07) is 12.7. The Labute approximate surface area is 167 Å². The molecule has 1 fully saturated rings. The third-order valence-electron chi connectivity index (χ3n) is 4.30. The number of pyridine rings is 1. The number of benzene rings is 1. The fraction of sp³-hybridized carbons (Fsp3) is 0.350. The Morgan fingerprint density at radius 3 is 2.61 bits per heavy atom. The number of hydrogen-bond acceptors (Lipinski definition) is 6. The van der Waals surface area contributed by atoms with Gasteiger partial charge in [0.2, 0.25) is 0 Å². The van der Waals surface area contributed by atoms with E-state index in [1.807, 2.05) is 24.3 Å². The Morgan fingerprint density at radius 1 is 1.21 bits per heavy atom. The Bertz CT molecular complexity index is 824. The molecule has 0 radical (unpaired) electrons. The number of hydrogen-bond donors (Lipinski definition) is 0. The van der Waals surface area contributed by atoms with Crippen LogP contribution in [0.4, 0.5) is 0 Å². The molecule has 1 aliphatic carbocycles. The molecule has 1 amide bonds. The van der Waals surface area contributed by atoms with Gasteiger partial charge in [-0.05, 0) is 48.4 Å². The van der Waals surface area contributed by atoms with Crippen LogP contribution in [-0.4, -0.2) is 42.3 Å². The molecule has 0 unspecified atom stereocenters. The molecule has 0 atom stereocenters. The highest BCUT2D eigenvalue weighted by atomic mass is 32.2. The summed E-state index contributed by atoms with van der Waals surface area (Å²) in [7, 11) is 1.61. The van der Waals surface area contributed by atoms with Crippen LogP contribution in [0.3, 0.4) is 0 Å². The standard InChI is InChI=1S/C20H22N2O5S/c1-26-17-9-5-15(6-10-17)12-21(16-7-8-16)18(23)13-27-20(24)14-28-19-4-2-3-11-22(19)25/h2-6,9-11,16H,7-8,12-14H2,1H3. The first-order valence-corrected chi connectivity index (χ1v) is 9.94. The molecular weight excluding hydrogens is 380 g/mol. The number of aromatic nitrogens is 1. The van der Waals surface area contributed by atoms with Crippen LogP contribution >= 0.6 is 11.8 Å². The molecule has 1 aliphatic rings. The summed E-state index contributed by atoms with van der Waals surface area (Å²) >= 11 is 1.08. The third-order valence-corrected chi connectivity index (χ3v) is 5.29. The van der Waals surface area contributed by atoms with Crippen molar-refractivity contribution in [1.82, 2.24) is 4.90 Å². The van der Waals surface area contributed by atoms with Gasteiger partial charge in [0.25, 0.3) is 10.9 Å². The van der Waals surface area contributed by atoms with Crippen LogP contribution in [0.15, 0.2) is 53.7 Å². The Balaban J connectivity index is 1.48. The number of thioether (sulfide) groups is 1.